The first-order valence-electron chi connectivity index (χ1n) is 8.22. The Hall–Kier alpha value is -1.91. The maximum absolute atomic E-state index is 13.2. The van der Waals surface area contributed by atoms with Gasteiger partial charge in [-0.1, -0.05) is 31.9 Å². The maximum atomic E-state index is 13.2. The first-order chi connectivity index (χ1) is 10.9. The molecule has 0 bridgehead atoms. The summed E-state index contributed by atoms with van der Waals surface area (Å²) >= 11 is 0. The van der Waals surface area contributed by atoms with E-state index in [4.69, 9.17) is 0 Å². The van der Waals surface area contributed by atoms with Crippen LogP contribution in [-0.2, 0) is 15.0 Å². The van der Waals surface area contributed by atoms with Crippen molar-refractivity contribution in [2.75, 3.05) is 13.1 Å². The summed E-state index contributed by atoms with van der Waals surface area (Å²) in [5.74, 6) is -1.67. The molecule has 0 unspecified atom stereocenters. The Balaban J connectivity index is 1.88. The number of likely N-dealkylation sites (tertiary alicyclic amines) is 1. The number of hydrogen-bond acceptors (Lipinski definition) is 2. The van der Waals surface area contributed by atoms with Crippen LogP contribution in [0.1, 0.15) is 38.2 Å². The fourth-order valence-electron chi connectivity index (χ4n) is 4.13. The van der Waals surface area contributed by atoms with Crippen molar-refractivity contribution in [3.8, 4) is 0 Å². The summed E-state index contributed by atoms with van der Waals surface area (Å²) in [5, 5.41) is 9.28. The Kier molecular flexibility index (Phi) is 4.13. The van der Waals surface area contributed by atoms with Gasteiger partial charge in [-0.3, -0.25) is 9.59 Å². The highest BCUT2D eigenvalue weighted by molar-refractivity contribution is 5.89. The highest BCUT2D eigenvalue weighted by Crippen LogP contribution is 2.43. The molecule has 0 aromatic heterocycles. The standard InChI is InChI=1S/C18H22FNO3/c1-12-10-20(11-15(12)16(21)22)17(23)18(8-2-3-9-18)13-4-6-14(19)7-5-13/h4-7,12,15H,2-3,8-11H2,1H3,(H,21,22)/t12-,15-/m1/s1. The number of hydrogen-bond donors (Lipinski definition) is 1. The molecule has 1 heterocycles. The number of aliphatic carboxylic acids is 1. The Morgan fingerprint density at radius 3 is 2.30 bits per heavy atom. The zero-order valence-electron chi connectivity index (χ0n) is 13.3. The van der Waals surface area contributed by atoms with E-state index in [0.29, 0.717) is 6.54 Å². The van der Waals surface area contributed by atoms with Crippen molar-refractivity contribution in [3.63, 3.8) is 0 Å². The Labute approximate surface area is 135 Å². The number of nitrogens with zero attached hydrogens (tertiary/aromatic N) is 1. The number of carbonyl (C=O) groups excluding carboxylic acids is 1. The van der Waals surface area contributed by atoms with E-state index in [1.54, 1.807) is 17.0 Å². The van der Waals surface area contributed by atoms with Crippen LogP contribution >= 0.6 is 0 Å². The van der Waals surface area contributed by atoms with Crippen LogP contribution in [0.15, 0.2) is 24.3 Å². The van der Waals surface area contributed by atoms with Crippen molar-refractivity contribution in [2.45, 2.75) is 38.0 Å². The van der Waals surface area contributed by atoms with Crippen molar-refractivity contribution >= 4 is 11.9 Å². The minimum atomic E-state index is -0.838. The molecule has 2 fully saturated rings. The molecule has 0 radical (unpaired) electrons. The molecule has 1 aliphatic heterocycles. The molecule has 5 heteroatoms. The van der Waals surface area contributed by atoms with Crippen LogP contribution < -0.4 is 0 Å². The summed E-state index contributed by atoms with van der Waals surface area (Å²) in [5.41, 5.74) is 0.244. The van der Waals surface area contributed by atoms with Crippen LogP contribution in [0.5, 0.6) is 0 Å². The lowest BCUT2D eigenvalue weighted by Crippen LogP contribution is -2.44. The SMILES string of the molecule is C[C@@H]1CN(C(=O)C2(c3ccc(F)cc3)CCCC2)C[C@H]1C(=O)O. The minimum absolute atomic E-state index is 0.0113. The van der Waals surface area contributed by atoms with E-state index in [9.17, 15) is 19.1 Å². The lowest BCUT2D eigenvalue weighted by Gasteiger charge is -2.33. The molecule has 2 atom stereocenters. The topological polar surface area (TPSA) is 57.6 Å². The van der Waals surface area contributed by atoms with Gasteiger partial charge >= 0.3 is 5.97 Å². The Bertz CT molecular complexity index is 607. The lowest BCUT2D eigenvalue weighted by molar-refractivity contribution is -0.142. The number of rotatable bonds is 3. The highest BCUT2D eigenvalue weighted by atomic mass is 19.1. The third-order valence-corrected chi connectivity index (χ3v) is 5.48. The van der Waals surface area contributed by atoms with Crippen LogP contribution in [0.4, 0.5) is 4.39 Å². The van der Waals surface area contributed by atoms with Gasteiger partial charge in [-0.15, -0.1) is 0 Å². The van der Waals surface area contributed by atoms with E-state index in [0.717, 1.165) is 31.2 Å². The molecule has 1 aliphatic carbocycles. The van der Waals surface area contributed by atoms with Crippen molar-refractivity contribution in [1.29, 1.82) is 0 Å². The first-order valence-corrected chi connectivity index (χ1v) is 8.22. The van der Waals surface area contributed by atoms with E-state index in [-0.39, 0.29) is 24.2 Å². The highest BCUT2D eigenvalue weighted by Gasteiger charge is 2.48. The number of carboxylic acid groups (broad SMARTS) is 1. The normalized spacial score (nSPS) is 26.4. The second-order valence-corrected chi connectivity index (χ2v) is 6.93. The molecule has 1 aromatic carbocycles. The first kappa shape index (κ1) is 16.0. The largest absolute Gasteiger partial charge is 0.481 e. The average Bonchev–Trinajstić information content (AvgIpc) is 3.15. The number of amides is 1. The third-order valence-electron chi connectivity index (χ3n) is 5.48. The molecule has 1 amide bonds. The predicted molar refractivity (Wildman–Crippen MR) is 83.4 cm³/mol. The summed E-state index contributed by atoms with van der Waals surface area (Å²) in [6.45, 7) is 2.64. The smallest absolute Gasteiger partial charge is 0.308 e. The quantitative estimate of drug-likeness (QED) is 0.932. The van der Waals surface area contributed by atoms with Crippen LogP contribution in [0, 0.1) is 17.7 Å². The molecule has 3 rings (SSSR count). The van der Waals surface area contributed by atoms with Crippen LogP contribution in [-0.4, -0.2) is 35.0 Å². The molecule has 23 heavy (non-hydrogen) atoms. The summed E-state index contributed by atoms with van der Waals surface area (Å²) < 4.78 is 13.2. The molecule has 1 N–H and O–H groups in total. The van der Waals surface area contributed by atoms with Gasteiger partial charge in [0.1, 0.15) is 5.82 Å². The fraction of sp³-hybridized carbons (Fsp3) is 0.556. The summed E-state index contributed by atoms with van der Waals surface area (Å²) in [6.07, 6.45) is 3.43. The number of halogens is 1. The molecular weight excluding hydrogens is 297 g/mol. The van der Waals surface area contributed by atoms with Gasteiger partial charge < -0.3 is 10.0 Å². The van der Waals surface area contributed by atoms with E-state index >= 15 is 0 Å². The summed E-state index contributed by atoms with van der Waals surface area (Å²) in [7, 11) is 0. The van der Waals surface area contributed by atoms with Crippen LogP contribution in [0.3, 0.4) is 0 Å². The van der Waals surface area contributed by atoms with E-state index in [1.807, 2.05) is 6.92 Å². The molecule has 4 nitrogen and oxygen atoms in total. The van der Waals surface area contributed by atoms with Gasteiger partial charge in [0.2, 0.25) is 5.91 Å². The van der Waals surface area contributed by atoms with Crippen molar-refractivity contribution in [3.05, 3.63) is 35.6 Å². The molecule has 1 saturated carbocycles. The molecular formula is C18H22FNO3. The molecule has 1 aromatic rings. The van der Waals surface area contributed by atoms with E-state index in [1.165, 1.54) is 12.1 Å². The Morgan fingerprint density at radius 2 is 1.78 bits per heavy atom. The van der Waals surface area contributed by atoms with Gasteiger partial charge in [0, 0.05) is 13.1 Å². The maximum Gasteiger partial charge on any atom is 0.308 e. The molecule has 124 valence electrons. The zero-order valence-corrected chi connectivity index (χ0v) is 13.3. The van der Waals surface area contributed by atoms with Gasteiger partial charge in [0.05, 0.1) is 11.3 Å². The number of carbonyl (C=O) groups is 2. The zero-order chi connectivity index (χ0) is 16.6. The summed E-state index contributed by atoms with van der Waals surface area (Å²) in [4.78, 5) is 26.2. The van der Waals surface area contributed by atoms with E-state index in [2.05, 4.69) is 0 Å². The van der Waals surface area contributed by atoms with Gasteiger partial charge in [-0.2, -0.15) is 0 Å². The van der Waals surface area contributed by atoms with Gasteiger partial charge in [0.25, 0.3) is 0 Å². The number of carboxylic acids is 1. The van der Waals surface area contributed by atoms with Gasteiger partial charge in [-0.05, 0) is 36.5 Å². The molecule has 2 aliphatic rings. The monoisotopic (exact) mass is 319 g/mol. The summed E-state index contributed by atoms with van der Waals surface area (Å²) in [6, 6.07) is 6.20. The van der Waals surface area contributed by atoms with Gasteiger partial charge in [-0.25, -0.2) is 4.39 Å². The van der Waals surface area contributed by atoms with Crippen molar-refractivity contribution in [1.82, 2.24) is 4.90 Å². The average molecular weight is 319 g/mol. The Morgan fingerprint density at radius 1 is 1.17 bits per heavy atom. The molecule has 1 saturated heterocycles. The van der Waals surface area contributed by atoms with Crippen molar-refractivity contribution in [2.24, 2.45) is 11.8 Å². The van der Waals surface area contributed by atoms with Crippen molar-refractivity contribution < 1.29 is 19.1 Å². The van der Waals surface area contributed by atoms with Gasteiger partial charge in [0.15, 0.2) is 0 Å². The number of benzene rings is 1. The van der Waals surface area contributed by atoms with E-state index < -0.39 is 17.3 Å². The van der Waals surface area contributed by atoms with Crippen LogP contribution in [0.25, 0.3) is 0 Å². The van der Waals surface area contributed by atoms with Crippen LogP contribution in [0.2, 0.25) is 0 Å². The lowest BCUT2D eigenvalue weighted by atomic mass is 9.77. The third kappa shape index (κ3) is 2.73. The second-order valence-electron chi connectivity index (χ2n) is 6.93. The predicted octanol–water partition coefficient (Wildman–Crippen LogP) is 2.82. The second kappa shape index (κ2) is 5.95. The minimum Gasteiger partial charge on any atom is -0.481 e. The molecule has 0 spiro atoms. The fourth-order valence-corrected chi connectivity index (χ4v) is 4.13.